The standard InChI is InChI=1S/C7H14FN/c1-6(2)7(3)9-5-4-8/h6,9H,3-5H2,1-2H3. The number of alkyl halides is 1. The predicted octanol–water partition coefficient (Wildman–Crippen LogP) is 1.72. The van der Waals surface area contributed by atoms with E-state index in [1.165, 1.54) is 0 Å². The lowest BCUT2D eigenvalue weighted by Gasteiger charge is -2.09. The van der Waals surface area contributed by atoms with Crippen molar-refractivity contribution in [2.45, 2.75) is 13.8 Å². The molecular formula is C7H14FN. The molecule has 0 radical (unpaired) electrons. The quantitative estimate of drug-likeness (QED) is 0.612. The maximum absolute atomic E-state index is 11.5. The van der Waals surface area contributed by atoms with Crippen LogP contribution in [0.25, 0.3) is 0 Å². The summed E-state index contributed by atoms with van der Waals surface area (Å²) in [5, 5.41) is 2.86. The number of nitrogens with one attached hydrogen (secondary N) is 1. The van der Waals surface area contributed by atoms with Crippen LogP contribution >= 0.6 is 0 Å². The van der Waals surface area contributed by atoms with Crippen LogP contribution in [0.1, 0.15) is 13.8 Å². The second-order valence-corrected chi connectivity index (χ2v) is 2.30. The Kier molecular flexibility index (Phi) is 4.10. The summed E-state index contributed by atoms with van der Waals surface area (Å²) >= 11 is 0. The van der Waals surface area contributed by atoms with Crippen molar-refractivity contribution in [3.05, 3.63) is 12.3 Å². The van der Waals surface area contributed by atoms with Crippen LogP contribution in [0.4, 0.5) is 4.39 Å². The number of allylic oxidation sites excluding steroid dienone is 1. The van der Waals surface area contributed by atoms with Crippen LogP contribution in [-0.4, -0.2) is 13.2 Å². The van der Waals surface area contributed by atoms with Gasteiger partial charge in [0, 0.05) is 12.2 Å². The fourth-order valence-corrected chi connectivity index (χ4v) is 0.412. The molecule has 0 aromatic heterocycles. The molecule has 0 saturated carbocycles. The molecule has 0 rings (SSSR count). The third-order valence-corrected chi connectivity index (χ3v) is 1.14. The van der Waals surface area contributed by atoms with Crippen LogP contribution in [0, 0.1) is 5.92 Å². The van der Waals surface area contributed by atoms with Crippen molar-refractivity contribution in [3.8, 4) is 0 Å². The highest BCUT2D eigenvalue weighted by Crippen LogP contribution is 2.00. The minimum atomic E-state index is -0.328. The highest BCUT2D eigenvalue weighted by molar-refractivity contribution is 4.93. The van der Waals surface area contributed by atoms with Crippen LogP contribution in [0.3, 0.4) is 0 Å². The van der Waals surface area contributed by atoms with E-state index in [-0.39, 0.29) is 6.67 Å². The summed E-state index contributed by atoms with van der Waals surface area (Å²) in [5.74, 6) is 0.400. The molecule has 0 aliphatic rings. The van der Waals surface area contributed by atoms with Gasteiger partial charge >= 0.3 is 0 Å². The monoisotopic (exact) mass is 131 g/mol. The molecule has 0 heterocycles. The summed E-state index contributed by atoms with van der Waals surface area (Å²) in [6.07, 6.45) is 0. The van der Waals surface area contributed by atoms with E-state index < -0.39 is 0 Å². The Bertz CT molecular complexity index is 88.9. The Balaban J connectivity index is 3.28. The molecule has 1 N–H and O–H groups in total. The van der Waals surface area contributed by atoms with E-state index >= 15 is 0 Å². The molecule has 0 unspecified atom stereocenters. The second-order valence-electron chi connectivity index (χ2n) is 2.30. The summed E-state index contributed by atoms with van der Waals surface area (Å²) in [7, 11) is 0. The number of halogens is 1. The van der Waals surface area contributed by atoms with E-state index in [0.717, 1.165) is 5.70 Å². The van der Waals surface area contributed by atoms with Crippen molar-refractivity contribution in [3.63, 3.8) is 0 Å². The molecule has 54 valence electrons. The lowest BCUT2D eigenvalue weighted by Crippen LogP contribution is -2.18. The molecule has 2 heteroatoms. The second kappa shape index (κ2) is 4.36. The molecule has 0 spiro atoms. The van der Waals surface area contributed by atoms with Gasteiger partial charge in [-0.2, -0.15) is 0 Å². The largest absolute Gasteiger partial charge is 0.386 e. The SMILES string of the molecule is C=C(NCCF)C(C)C. The topological polar surface area (TPSA) is 12.0 Å². The van der Waals surface area contributed by atoms with Gasteiger partial charge in [0.25, 0.3) is 0 Å². The summed E-state index contributed by atoms with van der Waals surface area (Å²) in [4.78, 5) is 0. The predicted molar refractivity (Wildman–Crippen MR) is 38.0 cm³/mol. The molecule has 0 fully saturated rings. The van der Waals surface area contributed by atoms with Crippen molar-refractivity contribution in [1.29, 1.82) is 0 Å². The lowest BCUT2D eigenvalue weighted by molar-refractivity contribution is 0.473. The zero-order valence-corrected chi connectivity index (χ0v) is 6.08. The molecular weight excluding hydrogens is 117 g/mol. The van der Waals surface area contributed by atoms with E-state index in [1.54, 1.807) is 0 Å². The van der Waals surface area contributed by atoms with E-state index in [1.807, 2.05) is 13.8 Å². The third kappa shape index (κ3) is 4.01. The minimum Gasteiger partial charge on any atom is -0.386 e. The van der Waals surface area contributed by atoms with Gasteiger partial charge in [-0.25, -0.2) is 4.39 Å². The van der Waals surface area contributed by atoms with Crippen molar-refractivity contribution in [1.82, 2.24) is 5.32 Å². The van der Waals surface area contributed by atoms with Gasteiger partial charge in [0.1, 0.15) is 6.67 Å². The number of hydrogen-bond donors (Lipinski definition) is 1. The molecule has 0 atom stereocenters. The van der Waals surface area contributed by atoms with E-state index in [0.29, 0.717) is 12.5 Å². The van der Waals surface area contributed by atoms with Gasteiger partial charge in [0.15, 0.2) is 0 Å². The Morgan fingerprint density at radius 3 is 2.56 bits per heavy atom. The Hall–Kier alpha value is -0.530. The maximum Gasteiger partial charge on any atom is 0.107 e. The Morgan fingerprint density at radius 2 is 2.22 bits per heavy atom. The highest BCUT2D eigenvalue weighted by atomic mass is 19.1. The van der Waals surface area contributed by atoms with Gasteiger partial charge in [-0.15, -0.1) is 0 Å². The zero-order valence-electron chi connectivity index (χ0n) is 6.08. The maximum atomic E-state index is 11.5. The first-order valence-corrected chi connectivity index (χ1v) is 3.17. The van der Waals surface area contributed by atoms with Gasteiger partial charge in [-0.1, -0.05) is 20.4 Å². The minimum absolute atomic E-state index is 0.328. The van der Waals surface area contributed by atoms with Gasteiger partial charge in [-0.3, -0.25) is 0 Å². The molecule has 0 saturated heterocycles. The van der Waals surface area contributed by atoms with Crippen LogP contribution in [0.2, 0.25) is 0 Å². The first-order chi connectivity index (χ1) is 4.18. The summed E-state index contributed by atoms with van der Waals surface area (Å²) in [6.45, 7) is 7.82. The summed E-state index contributed by atoms with van der Waals surface area (Å²) < 4.78 is 11.5. The summed E-state index contributed by atoms with van der Waals surface area (Å²) in [5.41, 5.74) is 0.910. The van der Waals surface area contributed by atoms with Crippen LogP contribution < -0.4 is 5.32 Å². The first kappa shape index (κ1) is 8.47. The lowest BCUT2D eigenvalue weighted by atomic mass is 10.2. The van der Waals surface area contributed by atoms with E-state index in [2.05, 4.69) is 11.9 Å². The average Bonchev–Trinajstić information content (AvgIpc) is 1.82. The molecule has 0 aromatic rings. The molecule has 0 aliphatic heterocycles. The molecule has 1 nitrogen and oxygen atoms in total. The molecule has 9 heavy (non-hydrogen) atoms. The fourth-order valence-electron chi connectivity index (χ4n) is 0.412. The fraction of sp³-hybridized carbons (Fsp3) is 0.714. The van der Waals surface area contributed by atoms with E-state index in [4.69, 9.17) is 0 Å². The highest BCUT2D eigenvalue weighted by Gasteiger charge is 1.96. The Morgan fingerprint density at radius 1 is 1.67 bits per heavy atom. The Labute approximate surface area is 56.0 Å². The van der Waals surface area contributed by atoms with Crippen molar-refractivity contribution in [2.24, 2.45) is 5.92 Å². The average molecular weight is 131 g/mol. The first-order valence-electron chi connectivity index (χ1n) is 3.17. The molecule has 0 aliphatic carbocycles. The molecule has 0 bridgehead atoms. The van der Waals surface area contributed by atoms with Crippen molar-refractivity contribution in [2.75, 3.05) is 13.2 Å². The normalized spacial score (nSPS) is 9.78. The van der Waals surface area contributed by atoms with Crippen LogP contribution in [0.5, 0.6) is 0 Å². The van der Waals surface area contributed by atoms with E-state index in [9.17, 15) is 4.39 Å². The number of hydrogen-bond acceptors (Lipinski definition) is 1. The van der Waals surface area contributed by atoms with Crippen molar-refractivity contribution >= 4 is 0 Å². The molecule has 0 aromatic carbocycles. The van der Waals surface area contributed by atoms with Gasteiger partial charge in [0.2, 0.25) is 0 Å². The van der Waals surface area contributed by atoms with Gasteiger partial charge in [0.05, 0.1) is 0 Å². The smallest absolute Gasteiger partial charge is 0.107 e. The van der Waals surface area contributed by atoms with Gasteiger partial charge < -0.3 is 5.32 Å². The van der Waals surface area contributed by atoms with Gasteiger partial charge in [-0.05, 0) is 5.92 Å². The van der Waals surface area contributed by atoms with Crippen LogP contribution in [0.15, 0.2) is 12.3 Å². The molecule has 0 amide bonds. The van der Waals surface area contributed by atoms with Crippen molar-refractivity contribution < 1.29 is 4.39 Å². The summed E-state index contributed by atoms with van der Waals surface area (Å²) in [6, 6.07) is 0. The third-order valence-electron chi connectivity index (χ3n) is 1.14. The number of rotatable bonds is 4. The zero-order chi connectivity index (χ0) is 7.28. The van der Waals surface area contributed by atoms with Crippen LogP contribution in [-0.2, 0) is 0 Å².